The number of aromatic nitrogens is 2. The number of carbonyl (C=O) groups excluding carboxylic acids is 1. The molecule has 3 N–H and O–H groups in total. The maximum absolute atomic E-state index is 13.1. The van der Waals surface area contributed by atoms with Gasteiger partial charge >= 0.3 is 0 Å². The topological polar surface area (TPSA) is 78.0 Å². The molecule has 3 rings (SSSR count). The number of rotatable bonds is 3. The van der Waals surface area contributed by atoms with E-state index in [1.165, 1.54) is 12.1 Å². The van der Waals surface area contributed by atoms with Crippen LogP contribution in [0, 0.1) is 12.7 Å². The molecule has 0 unspecified atom stereocenters. The molecular weight excluding hydrogens is 321 g/mol. The first-order valence-corrected chi connectivity index (χ1v) is 7.22. The van der Waals surface area contributed by atoms with E-state index >= 15 is 0 Å². The number of benzene rings is 2. The molecule has 0 saturated carbocycles. The first-order valence-electron chi connectivity index (χ1n) is 6.84. The largest absolute Gasteiger partial charge is 0.378 e. The molecule has 3 aromatic rings. The Morgan fingerprint density at radius 1 is 1.35 bits per heavy atom. The van der Waals surface area contributed by atoms with Crippen molar-refractivity contribution in [2.24, 2.45) is 0 Å². The number of aliphatic hydroxyl groups is 1. The smallest absolute Gasteiger partial charge is 0.257 e. The summed E-state index contributed by atoms with van der Waals surface area (Å²) in [6.07, 6.45) is -1.45. The molecule has 1 amide bonds. The van der Waals surface area contributed by atoms with Crippen molar-refractivity contribution in [3.8, 4) is 0 Å². The van der Waals surface area contributed by atoms with Gasteiger partial charge in [-0.05, 0) is 42.8 Å². The van der Waals surface area contributed by atoms with Gasteiger partial charge in [0.1, 0.15) is 5.82 Å². The summed E-state index contributed by atoms with van der Waals surface area (Å²) in [5, 5.41) is 20.4. The molecule has 1 heterocycles. The lowest BCUT2D eigenvalue weighted by atomic mass is 10.1. The standard InChI is InChI=1S/C16H13ClFN3O2/c1-8-11-7-10(3-5-14(11)21-20-8)19-16(23)15(22)9-2-4-13(18)12(17)6-9/h2-7,15,22H,1H3,(H,19,23)(H,20,21)/t15-/m1/s1. The van der Waals surface area contributed by atoms with Crippen molar-refractivity contribution in [3.05, 3.63) is 58.5 Å². The number of aromatic amines is 1. The van der Waals surface area contributed by atoms with E-state index in [0.717, 1.165) is 22.7 Å². The van der Waals surface area contributed by atoms with E-state index in [9.17, 15) is 14.3 Å². The molecule has 5 nitrogen and oxygen atoms in total. The Hall–Kier alpha value is -2.44. The molecule has 1 atom stereocenters. The molecule has 0 aliphatic heterocycles. The maximum atomic E-state index is 13.1. The van der Waals surface area contributed by atoms with E-state index < -0.39 is 17.8 Å². The van der Waals surface area contributed by atoms with Crippen LogP contribution in [-0.2, 0) is 4.79 Å². The van der Waals surface area contributed by atoms with E-state index in [1.54, 1.807) is 18.2 Å². The van der Waals surface area contributed by atoms with Crippen LogP contribution in [0.25, 0.3) is 10.9 Å². The Balaban J connectivity index is 1.81. The van der Waals surface area contributed by atoms with Gasteiger partial charge in [0.25, 0.3) is 5.91 Å². The number of nitrogens with zero attached hydrogens (tertiary/aromatic N) is 1. The molecule has 1 aromatic heterocycles. The Morgan fingerprint density at radius 2 is 2.13 bits per heavy atom. The van der Waals surface area contributed by atoms with Crippen LogP contribution in [0.3, 0.4) is 0 Å². The predicted octanol–water partition coefficient (Wildman–Crippen LogP) is 3.34. The molecule has 0 radical (unpaired) electrons. The molecule has 0 aliphatic rings. The lowest BCUT2D eigenvalue weighted by Crippen LogP contribution is -2.20. The van der Waals surface area contributed by atoms with Gasteiger partial charge in [0, 0.05) is 16.8 Å². The number of H-pyrrole nitrogens is 1. The van der Waals surface area contributed by atoms with Gasteiger partial charge in [-0.15, -0.1) is 0 Å². The van der Waals surface area contributed by atoms with Crippen molar-refractivity contribution >= 4 is 34.1 Å². The number of aliphatic hydroxyl groups excluding tert-OH is 1. The highest BCUT2D eigenvalue weighted by Gasteiger charge is 2.19. The van der Waals surface area contributed by atoms with Crippen LogP contribution in [0.5, 0.6) is 0 Å². The molecule has 23 heavy (non-hydrogen) atoms. The minimum atomic E-state index is -1.45. The van der Waals surface area contributed by atoms with Crippen LogP contribution >= 0.6 is 11.6 Å². The average Bonchev–Trinajstić information content (AvgIpc) is 2.90. The molecular formula is C16H13ClFN3O2. The minimum Gasteiger partial charge on any atom is -0.378 e. The van der Waals surface area contributed by atoms with E-state index in [-0.39, 0.29) is 10.6 Å². The normalized spacial score (nSPS) is 12.3. The Kier molecular flexibility index (Phi) is 4.02. The zero-order valence-electron chi connectivity index (χ0n) is 12.1. The van der Waals surface area contributed by atoms with Crippen LogP contribution < -0.4 is 5.32 Å². The van der Waals surface area contributed by atoms with E-state index in [2.05, 4.69) is 15.5 Å². The van der Waals surface area contributed by atoms with Gasteiger partial charge in [-0.3, -0.25) is 9.89 Å². The number of hydrogen-bond acceptors (Lipinski definition) is 3. The number of halogens is 2. The third kappa shape index (κ3) is 3.04. The van der Waals surface area contributed by atoms with E-state index in [1.807, 2.05) is 6.92 Å². The lowest BCUT2D eigenvalue weighted by molar-refractivity contribution is -0.124. The second-order valence-corrected chi connectivity index (χ2v) is 5.55. The molecule has 0 saturated heterocycles. The number of carbonyl (C=O) groups is 1. The summed E-state index contributed by atoms with van der Waals surface area (Å²) in [6, 6.07) is 8.85. The quantitative estimate of drug-likeness (QED) is 0.688. The van der Waals surface area contributed by atoms with Gasteiger partial charge < -0.3 is 10.4 Å². The summed E-state index contributed by atoms with van der Waals surface area (Å²) in [5.41, 5.74) is 2.40. The Labute approximate surface area is 136 Å². The summed E-state index contributed by atoms with van der Waals surface area (Å²) in [7, 11) is 0. The first-order chi connectivity index (χ1) is 11.0. The van der Waals surface area contributed by atoms with Crippen LogP contribution in [0.4, 0.5) is 10.1 Å². The van der Waals surface area contributed by atoms with Crippen molar-refractivity contribution in [2.75, 3.05) is 5.32 Å². The van der Waals surface area contributed by atoms with Crippen molar-refractivity contribution in [1.29, 1.82) is 0 Å². The molecule has 118 valence electrons. The first kappa shape index (κ1) is 15.5. The van der Waals surface area contributed by atoms with E-state index in [4.69, 9.17) is 11.6 Å². The van der Waals surface area contributed by atoms with Crippen molar-refractivity contribution in [1.82, 2.24) is 10.2 Å². The SMILES string of the molecule is Cc1[nH]nc2ccc(NC(=O)[C@H](O)c3ccc(F)c(Cl)c3)cc12. The summed E-state index contributed by atoms with van der Waals surface area (Å²) >= 11 is 5.66. The molecule has 0 aliphatic carbocycles. The van der Waals surface area contributed by atoms with Gasteiger partial charge in [0.05, 0.1) is 10.5 Å². The molecule has 7 heteroatoms. The van der Waals surface area contributed by atoms with Crippen molar-refractivity contribution in [3.63, 3.8) is 0 Å². The summed E-state index contributed by atoms with van der Waals surface area (Å²) in [6.45, 7) is 1.87. The monoisotopic (exact) mass is 333 g/mol. The average molecular weight is 334 g/mol. The lowest BCUT2D eigenvalue weighted by Gasteiger charge is -2.12. The highest BCUT2D eigenvalue weighted by molar-refractivity contribution is 6.30. The van der Waals surface area contributed by atoms with Crippen LogP contribution in [-0.4, -0.2) is 21.2 Å². The third-order valence-electron chi connectivity index (χ3n) is 3.52. The number of amides is 1. The van der Waals surface area contributed by atoms with Gasteiger partial charge in [-0.2, -0.15) is 5.10 Å². The van der Waals surface area contributed by atoms with E-state index in [0.29, 0.717) is 5.69 Å². The summed E-state index contributed by atoms with van der Waals surface area (Å²) < 4.78 is 13.1. The van der Waals surface area contributed by atoms with Gasteiger partial charge in [-0.25, -0.2) is 4.39 Å². The fraction of sp³-hybridized carbons (Fsp3) is 0.125. The fourth-order valence-electron chi connectivity index (χ4n) is 2.26. The number of hydrogen-bond donors (Lipinski definition) is 3. The number of nitrogens with one attached hydrogen (secondary N) is 2. The third-order valence-corrected chi connectivity index (χ3v) is 3.81. The zero-order chi connectivity index (χ0) is 16.6. The molecule has 2 aromatic carbocycles. The highest BCUT2D eigenvalue weighted by atomic mass is 35.5. The second kappa shape index (κ2) is 5.98. The van der Waals surface area contributed by atoms with Gasteiger partial charge in [0.15, 0.2) is 6.10 Å². The van der Waals surface area contributed by atoms with Crippen LogP contribution in [0.15, 0.2) is 36.4 Å². The predicted molar refractivity (Wildman–Crippen MR) is 85.8 cm³/mol. The zero-order valence-corrected chi connectivity index (χ0v) is 12.9. The molecule has 0 spiro atoms. The second-order valence-electron chi connectivity index (χ2n) is 5.15. The Morgan fingerprint density at radius 3 is 2.87 bits per heavy atom. The number of fused-ring (bicyclic) bond motifs is 1. The van der Waals surface area contributed by atoms with Gasteiger partial charge in [0.2, 0.25) is 0 Å². The number of anilines is 1. The van der Waals surface area contributed by atoms with Crippen LogP contribution in [0.1, 0.15) is 17.4 Å². The Bertz CT molecular complexity index is 894. The van der Waals surface area contributed by atoms with Crippen molar-refractivity contribution in [2.45, 2.75) is 13.0 Å². The van der Waals surface area contributed by atoms with Gasteiger partial charge in [-0.1, -0.05) is 17.7 Å². The number of aryl methyl sites for hydroxylation is 1. The van der Waals surface area contributed by atoms with Crippen molar-refractivity contribution < 1.29 is 14.3 Å². The summed E-state index contributed by atoms with van der Waals surface area (Å²) in [5.74, 6) is -1.24. The van der Waals surface area contributed by atoms with Crippen LogP contribution in [0.2, 0.25) is 5.02 Å². The maximum Gasteiger partial charge on any atom is 0.257 e. The summed E-state index contributed by atoms with van der Waals surface area (Å²) in [4.78, 5) is 12.1. The minimum absolute atomic E-state index is 0.148. The molecule has 0 bridgehead atoms. The molecule has 0 fully saturated rings. The fourth-order valence-corrected chi connectivity index (χ4v) is 2.45. The highest BCUT2D eigenvalue weighted by Crippen LogP contribution is 2.24.